The van der Waals surface area contributed by atoms with E-state index >= 15 is 0 Å². The molecule has 1 aromatic carbocycles. The van der Waals surface area contributed by atoms with Crippen LogP contribution in [0.1, 0.15) is 24.3 Å². The van der Waals surface area contributed by atoms with Gasteiger partial charge in [0.25, 0.3) is 0 Å². The van der Waals surface area contributed by atoms with E-state index in [0.717, 1.165) is 5.39 Å². The Kier molecular flexibility index (Phi) is 3.29. The molecule has 0 saturated carbocycles. The van der Waals surface area contributed by atoms with Crippen molar-refractivity contribution < 1.29 is 23.7 Å². The molecule has 2 heterocycles. The minimum atomic E-state index is -0.511. The fraction of sp³-hybridized carbons (Fsp3) is 0.333. The van der Waals surface area contributed by atoms with Crippen molar-refractivity contribution in [3.63, 3.8) is 0 Å². The first-order chi connectivity index (χ1) is 10.1. The van der Waals surface area contributed by atoms with Crippen LogP contribution in [0.25, 0.3) is 10.9 Å². The van der Waals surface area contributed by atoms with E-state index in [1.807, 2.05) is 19.9 Å². The van der Waals surface area contributed by atoms with Gasteiger partial charge in [-0.2, -0.15) is 0 Å². The van der Waals surface area contributed by atoms with Crippen LogP contribution in [0.15, 0.2) is 18.2 Å². The number of hydrogen-bond acceptors (Lipinski definition) is 6. The van der Waals surface area contributed by atoms with Crippen molar-refractivity contribution in [2.45, 2.75) is 20.0 Å². The second-order valence-electron chi connectivity index (χ2n) is 4.89. The van der Waals surface area contributed by atoms with Crippen molar-refractivity contribution in [1.29, 1.82) is 0 Å². The zero-order valence-corrected chi connectivity index (χ0v) is 12.0. The Hall–Kier alpha value is -2.50. The van der Waals surface area contributed by atoms with Crippen LogP contribution in [0.4, 0.5) is 0 Å². The van der Waals surface area contributed by atoms with Crippen LogP contribution in [0.5, 0.6) is 17.2 Å². The summed E-state index contributed by atoms with van der Waals surface area (Å²) in [5.41, 5.74) is 0.789. The number of carbonyl (C=O) groups is 1. The van der Waals surface area contributed by atoms with Crippen molar-refractivity contribution in [1.82, 2.24) is 4.98 Å². The smallest absolute Gasteiger partial charge is 0.356 e. The van der Waals surface area contributed by atoms with Crippen molar-refractivity contribution in [3.05, 3.63) is 23.9 Å². The van der Waals surface area contributed by atoms with Gasteiger partial charge in [0.15, 0.2) is 17.2 Å². The van der Waals surface area contributed by atoms with Gasteiger partial charge in [0.2, 0.25) is 6.79 Å². The fourth-order valence-corrected chi connectivity index (χ4v) is 2.15. The van der Waals surface area contributed by atoms with Gasteiger partial charge in [0.1, 0.15) is 5.75 Å². The van der Waals surface area contributed by atoms with Crippen molar-refractivity contribution in [3.8, 4) is 17.2 Å². The molecule has 6 heteroatoms. The maximum absolute atomic E-state index is 11.7. The Balaban J connectivity index is 2.21. The summed E-state index contributed by atoms with van der Waals surface area (Å²) in [5.74, 6) is 1.30. The summed E-state index contributed by atoms with van der Waals surface area (Å²) < 4.78 is 21.2. The molecule has 21 heavy (non-hydrogen) atoms. The Morgan fingerprint density at radius 1 is 1.24 bits per heavy atom. The van der Waals surface area contributed by atoms with E-state index in [2.05, 4.69) is 4.98 Å². The van der Waals surface area contributed by atoms with Crippen molar-refractivity contribution in [2.75, 3.05) is 13.9 Å². The van der Waals surface area contributed by atoms with Gasteiger partial charge in [-0.25, -0.2) is 9.78 Å². The van der Waals surface area contributed by atoms with Crippen LogP contribution >= 0.6 is 0 Å². The van der Waals surface area contributed by atoms with Crippen LogP contribution in [0.2, 0.25) is 0 Å². The van der Waals surface area contributed by atoms with E-state index in [9.17, 15) is 4.79 Å². The summed E-state index contributed by atoms with van der Waals surface area (Å²) in [5, 5.41) is 0.764. The minimum Gasteiger partial charge on any atom is -0.490 e. The van der Waals surface area contributed by atoms with E-state index < -0.39 is 5.97 Å². The number of nitrogens with zero attached hydrogens (tertiary/aromatic N) is 1. The lowest BCUT2D eigenvalue weighted by Crippen LogP contribution is -2.09. The van der Waals surface area contributed by atoms with E-state index in [1.54, 1.807) is 12.1 Å². The van der Waals surface area contributed by atoms with Crippen molar-refractivity contribution >= 4 is 16.9 Å². The molecule has 0 unspecified atom stereocenters. The van der Waals surface area contributed by atoms with E-state index in [-0.39, 0.29) is 18.6 Å². The number of esters is 1. The highest BCUT2D eigenvalue weighted by Crippen LogP contribution is 2.39. The summed E-state index contributed by atoms with van der Waals surface area (Å²) in [6.07, 6.45) is -0.0356. The zero-order chi connectivity index (χ0) is 15.0. The van der Waals surface area contributed by atoms with Crippen LogP contribution in [-0.2, 0) is 4.74 Å². The first kappa shape index (κ1) is 13.5. The second kappa shape index (κ2) is 5.12. The molecule has 0 spiro atoms. The summed E-state index contributed by atoms with van der Waals surface area (Å²) in [6, 6.07) is 5.12. The van der Waals surface area contributed by atoms with Gasteiger partial charge in [-0.15, -0.1) is 0 Å². The predicted octanol–water partition coefficient (Wildman–Crippen LogP) is 2.54. The third-order valence-electron chi connectivity index (χ3n) is 3.02. The zero-order valence-electron chi connectivity index (χ0n) is 12.0. The maximum atomic E-state index is 11.7. The molecule has 0 saturated heterocycles. The second-order valence-corrected chi connectivity index (χ2v) is 4.89. The Labute approximate surface area is 121 Å². The largest absolute Gasteiger partial charge is 0.490 e. The summed E-state index contributed by atoms with van der Waals surface area (Å²) in [7, 11) is 1.32. The van der Waals surface area contributed by atoms with E-state index in [4.69, 9.17) is 18.9 Å². The standard InChI is InChI=1S/C15H15NO5/c1-8(2)21-12-6-11(15(17)18-3)16-10-5-14-13(4-9(10)12)19-7-20-14/h4-6,8H,7H2,1-3H3. The topological polar surface area (TPSA) is 66.9 Å². The fourth-order valence-electron chi connectivity index (χ4n) is 2.15. The molecule has 0 N–H and O–H groups in total. The van der Waals surface area contributed by atoms with Crippen LogP contribution in [0.3, 0.4) is 0 Å². The highest BCUT2D eigenvalue weighted by atomic mass is 16.7. The highest BCUT2D eigenvalue weighted by Gasteiger charge is 2.20. The SMILES string of the molecule is COC(=O)c1cc(OC(C)C)c2cc3c(cc2n1)OCO3. The first-order valence-corrected chi connectivity index (χ1v) is 6.58. The van der Waals surface area contributed by atoms with Gasteiger partial charge in [0, 0.05) is 17.5 Å². The summed E-state index contributed by atoms with van der Waals surface area (Å²) in [6.45, 7) is 4.00. The number of aromatic nitrogens is 1. The summed E-state index contributed by atoms with van der Waals surface area (Å²) >= 11 is 0. The average Bonchev–Trinajstić information content (AvgIpc) is 2.90. The number of pyridine rings is 1. The van der Waals surface area contributed by atoms with Gasteiger partial charge < -0.3 is 18.9 Å². The van der Waals surface area contributed by atoms with Crippen LogP contribution in [-0.4, -0.2) is 31.0 Å². The predicted molar refractivity (Wildman–Crippen MR) is 75.0 cm³/mol. The minimum absolute atomic E-state index is 0.0356. The molecular formula is C15H15NO5. The molecule has 1 aromatic heterocycles. The molecular weight excluding hydrogens is 274 g/mol. The molecule has 0 amide bonds. The normalized spacial score (nSPS) is 12.8. The molecule has 0 atom stereocenters. The third kappa shape index (κ3) is 2.44. The maximum Gasteiger partial charge on any atom is 0.356 e. The molecule has 1 aliphatic rings. The number of rotatable bonds is 3. The van der Waals surface area contributed by atoms with Gasteiger partial charge in [-0.1, -0.05) is 0 Å². The number of carbonyl (C=O) groups excluding carboxylic acids is 1. The third-order valence-corrected chi connectivity index (χ3v) is 3.02. The Morgan fingerprint density at radius 3 is 2.62 bits per heavy atom. The number of methoxy groups -OCH3 is 1. The highest BCUT2D eigenvalue weighted by molar-refractivity contribution is 5.95. The summed E-state index contributed by atoms with van der Waals surface area (Å²) in [4.78, 5) is 16.0. The number of fused-ring (bicyclic) bond motifs is 2. The van der Waals surface area contributed by atoms with Gasteiger partial charge >= 0.3 is 5.97 Å². The lowest BCUT2D eigenvalue weighted by Gasteiger charge is -2.13. The van der Waals surface area contributed by atoms with E-state index in [0.29, 0.717) is 22.8 Å². The lowest BCUT2D eigenvalue weighted by atomic mass is 10.1. The van der Waals surface area contributed by atoms with Gasteiger partial charge in [-0.3, -0.25) is 0 Å². The van der Waals surface area contributed by atoms with Gasteiger partial charge in [0.05, 0.1) is 18.7 Å². The quantitative estimate of drug-likeness (QED) is 0.809. The molecule has 0 bridgehead atoms. The Bertz CT molecular complexity index is 711. The molecule has 110 valence electrons. The molecule has 2 aromatic rings. The monoisotopic (exact) mass is 289 g/mol. The van der Waals surface area contributed by atoms with Gasteiger partial charge in [-0.05, 0) is 19.9 Å². The number of ether oxygens (including phenoxy) is 4. The molecule has 0 fully saturated rings. The molecule has 3 rings (SSSR count). The Morgan fingerprint density at radius 2 is 1.95 bits per heavy atom. The lowest BCUT2D eigenvalue weighted by molar-refractivity contribution is 0.0593. The van der Waals surface area contributed by atoms with Crippen LogP contribution in [0, 0.1) is 0 Å². The van der Waals surface area contributed by atoms with Crippen molar-refractivity contribution in [2.24, 2.45) is 0 Å². The number of benzene rings is 1. The number of hydrogen-bond donors (Lipinski definition) is 0. The van der Waals surface area contributed by atoms with Crippen LogP contribution < -0.4 is 14.2 Å². The first-order valence-electron chi connectivity index (χ1n) is 6.58. The molecule has 0 radical (unpaired) electrons. The van der Waals surface area contributed by atoms with E-state index in [1.165, 1.54) is 7.11 Å². The molecule has 0 aliphatic carbocycles. The molecule has 1 aliphatic heterocycles. The average molecular weight is 289 g/mol. The molecule has 6 nitrogen and oxygen atoms in total.